The Hall–Kier alpha value is -2.37. The molecule has 0 atom stereocenters. The highest BCUT2D eigenvalue weighted by molar-refractivity contribution is 6.64. The van der Waals surface area contributed by atoms with E-state index in [-0.39, 0.29) is 5.92 Å². The van der Waals surface area contributed by atoms with Gasteiger partial charge >= 0.3 is 7.12 Å². The fourth-order valence-corrected chi connectivity index (χ4v) is 3.77. The van der Waals surface area contributed by atoms with Gasteiger partial charge in [-0.15, -0.1) is 0 Å². The SMILES string of the molecule is CC(C)c1c(B2OC(C)(C)C(C)(C)O2)c(-c2ccccc2)nn1-c1ccccc1. The average Bonchev–Trinajstić information content (AvgIpc) is 3.18. The summed E-state index contributed by atoms with van der Waals surface area (Å²) in [6.07, 6.45) is 0. The fraction of sp³-hybridized carbons (Fsp3) is 0.375. The first-order valence-electron chi connectivity index (χ1n) is 10.3. The molecule has 5 heteroatoms. The molecule has 2 heterocycles. The average molecular weight is 388 g/mol. The van der Waals surface area contributed by atoms with E-state index in [0.29, 0.717) is 0 Å². The second kappa shape index (κ2) is 7.15. The lowest BCUT2D eigenvalue weighted by molar-refractivity contribution is 0.00578. The maximum absolute atomic E-state index is 6.48. The largest absolute Gasteiger partial charge is 0.499 e. The summed E-state index contributed by atoms with van der Waals surface area (Å²) in [4.78, 5) is 0. The number of hydrogen-bond donors (Lipinski definition) is 0. The van der Waals surface area contributed by atoms with Gasteiger partial charge in [0, 0.05) is 16.7 Å². The van der Waals surface area contributed by atoms with Gasteiger partial charge in [0.15, 0.2) is 0 Å². The summed E-state index contributed by atoms with van der Waals surface area (Å²) in [7, 11) is -0.468. The fourth-order valence-electron chi connectivity index (χ4n) is 3.77. The minimum atomic E-state index is -0.468. The predicted molar refractivity (Wildman–Crippen MR) is 119 cm³/mol. The quantitative estimate of drug-likeness (QED) is 0.593. The Balaban J connectivity index is 1.96. The van der Waals surface area contributed by atoms with Gasteiger partial charge < -0.3 is 9.31 Å². The molecule has 0 radical (unpaired) electrons. The van der Waals surface area contributed by atoms with Gasteiger partial charge in [-0.25, -0.2) is 4.68 Å². The highest BCUT2D eigenvalue weighted by Gasteiger charge is 2.53. The zero-order chi connectivity index (χ0) is 20.8. The second-order valence-electron chi connectivity index (χ2n) is 9.00. The summed E-state index contributed by atoms with van der Waals surface area (Å²) in [5.41, 5.74) is 4.34. The van der Waals surface area contributed by atoms with Crippen LogP contribution in [0, 0.1) is 0 Å². The molecule has 0 N–H and O–H groups in total. The van der Waals surface area contributed by atoms with Crippen molar-refractivity contribution in [2.75, 3.05) is 0 Å². The molecule has 0 aliphatic carbocycles. The van der Waals surface area contributed by atoms with E-state index in [1.165, 1.54) is 0 Å². The Morgan fingerprint density at radius 3 is 1.86 bits per heavy atom. The second-order valence-corrected chi connectivity index (χ2v) is 9.00. The highest BCUT2D eigenvalue weighted by Crippen LogP contribution is 2.38. The number of nitrogens with zero attached hydrogens (tertiary/aromatic N) is 2. The van der Waals surface area contributed by atoms with Crippen molar-refractivity contribution in [1.29, 1.82) is 0 Å². The van der Waals surface area contributed by atoms with Crippen LogP contribution < -0.4 is 5.46 Å². The van der Waals surface area contributed by atoms with E-state index in [9.17, 15) is 0 Å². The number of rotatable bonds is 4. The Kier molecular flexibility index (Phi) is 4.92. The van der Waals surface area contributed by atoms with Crippen molar-refractivity contribution >= 4 is 12.6 Å². The number of para-hydroxylation sites is 1. The van der Waals surface area contributed by atoms with Crippen LogP contribution in [0.2, 0.25) is 0 Å². The third-order valence-corrected chi connectivity index (χ3v) is 6.04. The lowest BCUT2D eigenvalue weighted by Gasteiger charge is -2.32. The molecule has 1 fully saturated rings. The summed E-state index contributed by atoms with van der Waals surface area (Å²) in [5, 5.41) is 5.07. The van der Waals surface area contributed by atoms with E-state index < -0.39 is 18.3 Å². The van der Waals surface area contributed by atoms with Crippen molar-refractivity contribution in [2.24, 2.45) is 0 Å². The Morgan fingerprint density at radius 2 is 1.34 bits per heavy atom. The first-order chi connectivity index (χ1) is 13.7. The van der Waals surface area contributed by atoms with Gasteiger partial charge in [0.25, 0.3) is 0 Å². The van der Waals surface area contributed by atoms with E-state index in [1.807, 2.05) is 41.1 Å². The molecule has 0 amide bonds. The van der Waals surface area contributed by atoms with E-state index in [4.69, 9.17) is 14.4 Å². The summed E-state index contributed by atoms with van der Waals surface area (Å²) in [5.74, 6) is 0.245. The van der Waals surface area contributed by atoms with Gasteiger partial charge in [-0.1, -0.05) is 62.4 Å². The van der Waals surface area contributed by atoms with Gasteiger partial charge in [-0.2, -0.15) is 5.10 Å². The summed E-state index contributed by atoms with van der Waals surface area (Å²) >= 11 is 0. The van der Waals surface area contributed by atoms with Crippen LogP contribution in [0.3, 0.4) is 0 Å². The van der Waals surface area contributed by atoms with Crippen molar-refractivity contribution in [3.8, 4) is 16.9 Å². The lowest BCUT2D eigenvalue weighted by atomic mass is 9.74. The third kappa shape index (κ3) is 3.43. The molecular weight excluding hydrogens is 359 g/mol. The maximum atomic E-state index is 6.48. The Labute approximate surface area is 174 Å². The molecule has 0 saturated carbocycles. The van der Waals surface area contributed by atoms with Crippen LogP contribution >= 0.6 is 0 Å². The van der Waals surface area contributed by atoms with E-state index >= 15 is 0 Å². The monoisotopic (exact) mass is 388 g/mol. The predicted octanol–water partition coefficient (Wildman–Crippen LogP) is 4.96. The van der Waals surface area contributed by atoms with Crippen molar-refractivity contribution in [2.45, 2.75) is 58.7 Å². The molecule has 3 aromatic rings. The molecule has 4 nitrogen and oxygen atoms in total. The van der Waals surface area contributed by atoms with Crippen LogP contribution in [0.1, 0.15) is 53.2 Å². The molecule has 150 valence electrons. The van der Waals surface area contributed by atoms with E-state index in [2.05, 4.69) is 65.8 Å². The van der Waals surface area contributed by atoms with Gasteiger partial charge in [0.2, 0.25) is 0 Å². The van der Waals surface area contributed by atoms with Gasteiger partial charge in [-0.05, 0) is 45.7 Å². The summed E-state index contributed by atoms with van der Waals surface area (Å²) in [6.45, 7) is 12.7. The molecule has 1 saturated heterocycles. The van der Waals surface area contributed by atoms with Crippen LogP contribution in [0.5, 0.6) is 0 Å². The van der Waals surface area contributed by atoms with Crippen LogP contribution in [0.15, 0.2) is 60.7 Å². The minimum Gasteiger partial charge on any atom is -0.399 e. The molecule has 2 aromatic carbocycles. The normalized spacial score (nSPS) is 17.8. The van der Waals surface area contributed by atoms with Crippen molar-refractivity contribution < 1.29 is 9.31 Å². The Morgan fingerprint density at radius 1 is 0.828 bits per heavy atom. The Bertz CT molecular complexity index is 978. The number of aromatic nitrogens is 2. The van der Waals surface area contributed by atoms with Crippen LogP contribution in [0.25, 0.3) is 16.9 Å². The topological polar surface area (TPSA) is 36.3 Å². The van der Waals surface area contributed by atoms with Crippen molar-refractivity contribution in [1.82, 2.24) is 9.78 Å². The molecule has 0 bridgehead atoms. The van der Waals surface area contributed by atoms with Gasteiger partial charge in [0.1, 0.15) is 0 Å². The van der Waals surface area contributed by atoms with Crippen LogP contribution in [-0.4, -0.2) is 28.1 Å². The molecule has 1 aliphatic rings. The minimum absolute atomic E-state index is 0.245. The highest BCUT2D eigenvalue weighted by atomic mass is 16.7. The van der Waals surface area contributed by atoms with Crippen LogP contribution in [-0.2, 0) is 9.31 Å². The molecule has 4 rings (SSSR count). The lowest BCUT2D eigenvalue weighted by Crippen LogP contribution is -2.41. The first-order valence-corrected chi connectivity index (χ1v) is 10.3. The van der Waals surface area contributed by atoms with E-state index in [0.717, 1.165) is 28.1 Å². The van der Waals surface area contributed by atoms with Gasteiger partial charge in [-0.3, -0.25) is 0 Å². The number of hydrogen-bond acceptors (Lipinski definition) is 3. The summed E-state index contributed by atoms with van der Waals surface area (Å²) in [6, 6.07) is 20.6. The standard InChI is InChI=1S/C24H29BN2O2/c1-17(2)22-20(25-28-23(3,4)24(5,6)29-25)21(18-13-9-7-10-14-18)26-27(22)19-15-11-8-12-16-19/h7-17H,1-6H3. The van der Waals surface area contributed by atoms with Crippen LogP contribution in [0.4, 0.5) is 0 Å². The zero-order valence-electron chi connectivity index (χ0n) is 18.1. The first kappa shape index (κ1) is 19.9. The molecule has 0 unspecified atom stereocenters. The molecule has 1 aliphatic heterocycles. The molecular formula is C24H29BN2O2. The number of benzene rings is 2. The zero-order valence-corrected chi connectivity index (χ0v) is 18.1. The van der Waals surface area contributed by atoms with E-state index in [1.54, 1.807) is 0 Å². The summed E-state index contributed by atoms with van der Waals surface area (Å²) < 4.78 is 15.0. The van der Waals surface area contributed by atoms with Crippen molar-refractivity contribution in [3.05, 3.63) is 66.4 Å². The molecule has 0 spiro atoms. The third-order valence-electron chi connectivity index (χ3n) is 6.04. The van der Waals surface area contributed by atoms with Crippen molar-refractivity contribution in [3.63, 3.8) is 0 Å². The smallest absolute Gasteiger partial charge is 0.399 e. The molecule has 29 heavy (non-hydrogen) atoms. The maximum Gasteiger partial charge on any atom is 0.499 e. The van der Waals surface area contributed by atoms with Gasteiger partial charge in [0.05, 0.1) is 22.6 Å². The molecule has 1 aromatic heterocycles.